The number of carbonyl (C=O) groups excluding carboxylic acids is 2. The second-order valence-corrected chi connectivity index (χ2v) is 9.40. The Kier molecular flexibility index (Phi) is 7.32. The van der Waals surface area contributed by atoms with Crippen molar-refractivity contribution >= 4 is 27.6 Å². The summed E-state index contributed by atoms with van der Waals surface area (Å²) in [5.74, 6) is -1.20. The third-order valence-electron chi connectivity index (χ3n) is 4.42. The molecule has 3 amide bonds. The molecule has 1 aromatic carbocycles. The number of hydrogen-bond donors (Lipinski definition) is 2. The molecule has 168 valence electrons. The predicted molar refractivity (Wildman–Crippen MR) is 114 cm³/mol. The van der Waals surface area contributed by atoms with Crippen LogP contribution in [0.1, 0.15) is 61.1 Å². The van der Waals surface area contributed by atoms with Gasteiger partial charge in [-0.15, -0.1) is 0 Å². The first-order valence-corrected chi connectivity index (χ1v) is 11.0. The highest BCUT2D eigenvalue weighted by molar-refractivity contribution is 7.90. The summed E-state index contributed by atoms with van der Waals surface area (Å²) in [5, 5.41) is 2.00. The number of amides is 3. The fourth-order valence-corrected chi connectivity index (χ4v) is 3.70. The number of nitrogens with one attached hydrogen (secondary N) is 2. The summed E-state index contributed by atoms with van der Waals surface area (Å²) in [6.45, 7) is 7.34. The molecule has 1 heterocycles. The van der Waals surface area contributed by atoms with Crippen LogP contribution in [0.25, 0.3) is 0 Å². The largest absolute Gasteiger partial charge is 0.343 e. The fourth-order valence-electron chi connectivity index (χ4n) is 2.85. The Balaban J connectivity index is 2.35. The molecule has 0 unspecified atom stereocenters. The maximum absolute atomic E-state index is 14.0. The van der Waals surface area contributed by atoms with Crippen molar-refractivity contribution in [2.24, 2.45) is 0 Å². The van der Waals surface area contributed by atoms with Gasteiger partial charge in [0.05, 0.1) is 0 Å². The Bertz CT molecular complexity index is 1070. The van der Waals surface area contributed by atoms with Crippen LogP contribution >= 0.6 is 0 Å². The maximum atomic E-state index is 14.0. The van der Waals surface area contributed by atoms with E-state index >= 15 is 0 Å². The van der Waals surface area contributed by atoms with E-state index in [0.717, 1.165) is 12.4 Å². The summed E-state index contributed by atoms with van der Waals surface area (Å²) in [6.07, 6.45) is 0.927. The van der Waals surface area contributed by atoms with Gasteiger partial charge in [-0.25, -0.2) is 23.9 Å². The molecule has 1 aromatic heterocycles. The number of rotatable bonds is 6. The first-order valence-electron chi connectivity index (χ1n) is 9.54. The second kappa shape index (κ2) is 9.38. The Hall–Kier alpha value is -3.08. The third kappa shape index (κ3) is 5.75. The zero-order valence-electron chi connectivity index (χ0n) is 18.2. The van der Waals surface area contributed by atoms with Gasteiger partial charge in [-0.05, 0) is 35.1 Å². The lowest BCUT2D eigenvalue weighted by atomic mass is 9.92. The normalized spacial score (nSPS) is 11.5. The third-order valence-corrected chi connectivity index (χ3v) is 5.64. The second-order valence-electron chi connectivity index (χ2n) is 7.77. The molecule has 0 radical (unpaired) electrons. The van der Waals surface area contributed by atoms with Crippen LogP contribution in [0.4, 0.5) is 14.9 Å². The summed E-state index contributed by atoms with van der Waals surface area (Å²) in [5.41, 5.74) is 1.29. The highest BCUT2D eigenvalue weighted by atomic mass is 32.2. The molecule has 0 saturated heterocycles. The lowest BCUT2D eigenvalue weighted by Crippen LogP contribution is -2.35. The van der Waals surface area contributed by atoms with Gasteiger partial charge in [-0.3, -0.25) is 4.79 Å². The monoisotopic (exact) mass is 451 g/mol. The van der Waals surface area contributed by atoms with Crippen molar-refractivity contribution in [1.82, 2.24) is 19.6 Å². The molecule has 0 aliphatic rings. The molecule has 0 atom stereocenters. The van der Waals surface area contributed by atoms with Crippen molar-refractivity contribution in [1.29, 1.82) is 0 Å². The van der Waals surface area contributed by atoms with Crippen LogP contribution in [0.3, 0.4) is 0 Å². The molecule has 0 bridgehead atoms. The molecule has 31 heavy (non-hydrogen) atoms. The summed E-state index contributed by atoms with van der Waals surface area (Å²) < 4.78 is 41.2. The molecule has 2 rings (SSSR count). The van der Waals surface area contributed by atoms with Gasteiger partial charge in [0.1, 0.15) is 17.8 Å². The van der Waals surface area contributed by atoms with Crippen molar-refractivity contribution in [2.45, 2.75) is 44.6 Å². The summed E-state index contributed by atoms with van der Waals surface area (Å²) >= 11 is 0. The standard InChI is InChI=1S/C20H26FN5O4S/c1-11(2)14-7-13(21)8-15(12(3)4)18(14)24-20(28)25-31(29,30)17-9-16(22-10-23-17)19(27)26(5)6/h7-12H,1-6H3,(H2,24,25,28). The van der Waals surface area contributed by atoms with Crippen LogP contribution < -0.4 is 10.0 Å². The molecule has 2 aromatic rings. The van der Waals surface area contributed by atoms with E-state index in [2.05, 4.69) is 15.3 Å². The van der Waals surface area contributed by atoms with Crippen LogP contribution in [0.2, 0.25) is 0 Å². The zero-order valence-corrected chi connectivity index (χ0v) is 19.0. The minimum absolute atomic E-state index is 0.124. The smallest absolute Gasteiger partial charge is 0.333 e. The van der Waals surface area contributed by atoms with E-state index < -0.39 is 32.8 Å². The number of urea groups is 1. The lowest BCUT2D eigenvalue weighted by Gasteiger charge is -2.20. The molecule has 0 fully saturated rings. The number of carbonyl (C=O) groups is 2. The van der Waals surface area contributed by atoms with Crippen molar-refractivity contribution in [3.63, 3.8) is 0 Å². The van der Waals surface area contributed by atoms with Crippen LogP contribution in [-0.4, -0.2) is 49.3 Å². The molecular weight excluding hydrogens is 425 g/mol. The molecule has 0 spiro atoms. The molecule has 9 nitrogen and oxygen atoms in total. The highest BCUT2D eigenvalue weighted by Gasteiger charge is 2.24. The van der Waals surface area contributed by atoms with Crippen LogP contribution in [0, 0.1) is 5.82 Å². The van der Waals surface area contributed by atoms with E-state index in [1.165, 1.54) is 31.1 Å². The number of benzene rings is 1. The molecule has 11 heteroatoms. The average Bonchev–Trinajstić information content (AvgIpc) is 2.67. The van der Waals surface area contributed by atoms with Gasteiger partial charge in [-0.2, -0.15) is 8.42 Å². The molecule has 0 aliphatic carbocycles. The van der Waals surface area contributed by atoms with E-state index in [4.69, 9.17) is 0 Å². The zero-order chi connectivity index (χ0) is 23.5. The Morgan fingerprint density at radius 1 is 1.00 bits per heavy atom. The quantitative estimate of drug-likeness (QED) is 0.651. The SMILES string of the molecule is CC(C)c1cc(F)cc(C(C)C)c1NC(=O)NS(=O)(=O)c1cc(C(=O)N(C)C)ncn1. The molecule has 2 N–H and O–H groups in total. The van der Waals surface area contributed by atoms with Gasteiger partial charge in [0.25, 0.3) is 15.9 Å². The van der Waals surface area contributed by atoms with Gasteiger partial charge in [0, 0.05) is 25.8 Å². The summed E-state index contributed by atoms with van der Waals surface area (Å²) in [7, 11) is -1.41. The topological polar surface area (TPSA) is 121 Å². The van der Waals surface area contributed by atoms with Gasteiger partial charge in [0.2, 0.25) is 0 Å². The fraction of sp³-hybridized carbons (Fsp3) is 0.400. The van der Waals surface area contributed by atoms with Gasteiger partial charge >= 0.3 is 6.03 Å². The van der Waals surface area contributed by atoms with Crippen LogP contribution in [0.15, 0.2) is 29.6 Å². The van der Waals surface area contributed by atoms with E-state index in [-0.39, 0.29) is 17.5 Å². The number of nitrogens with zero attached hydrogens (tertiary/aromatic N) is 3. The Morgan fingerprint density at radius 2 is 1.55 bits per heavy atom. The van der Waals surface area contributed by atoms with Gasteiger partial charge < -0.3 is 10.2 Å². The average molecular weight is 452 g/mol. The van der Waals surface area contributed by atoms with Gasteiger partial charge in [-0.1, -0.05) is 27.7 Å². The number of anilines is 1. The highest BCUT2D eigenvalue weighted by Crippen LogP contribution is 2.33. The van der Waals surface area contributed by atoms with Crippen LogP contribution in [-0.2, 0) is 10.0 Å². The maximum Gasteiger partial charge on any atom is 0.333 e. The summed E-state index contributed by atoms with van der Waals surface area (Å²) in [6, 6.07) is 2.57. The lowest BCUT2D eigenvalue weighted by molar-refractivity contribution is 0.0821. The minimum Gasteiger partial charge on any atom is -0.343 e. The number of halogens is 1. The number of aromatic nitrogens is 2. The molecule has 0 aliphatic heterocycles. The molecule has 0 saturated carbocycles. The van der Waals surface area contributed by atoms with Crippen molar-refractivity contribution in [3.05, 3.63) is 47.2 Å². The van der Waals surface area contributed by atoms with Crippen molar-refractivity contribution < 1.29 is 22.4 Å². The molecular formula is C20H26FN5O4S. The summed E-state index contributed by atoms with van der Waals surface area (Å²) in [4.78, 5) is 33.2. The van der Waals surface area contributed by atoms with Crippen molar-refractivity contribution in [2.75, 3.05) is 19.4 Å². The first-order chi connectivity index (χ1) is 14.3. The van der Waals surface area contributed by atoms with E-state index in [0.29, 0.717) is 16.8 Å². The minimum atomic E-state index is -4.39. The Morgan fingerprint density at radius 3 is 2.03 bits per heavy atom. The van der Waals surface area contributed by atoms with Crippen LogP contribution in [0.5, 0.6) is 0 Å². The van der Waals surface area contributed by atoms with Gasteiger partial charge in [0.15, 0.2) is 5.03 Å². The Labute approximate surface area is 181 Å². The van der Waals surface area contributed by atoms with E-state index in [1.807, 2.05) is 32.4 Å². The van der Waals surface area contributed by atoms with E-state index in [9.17, 15) is 22.4 Å². The first kappa shape index (κ1) is 24.2. The number of hydrogen-bond acceptors (Lipinski definition) is 6. The van der Waals surface area contributed by atoms with Crippen molar-refractivity contribution in [3.8, 4) is 0 Å². The predicted octanol–water partition coefficient (Wildman–Crippen LogP) is 3.07. The number of sulfonamides is 1. The van der Waals surface area contributed by atoms with E-state index in [1.54, 1.807) is 0 Å².